The van der Waals surface area contributed by atoms with Crippen molar-refractivity contribution in [3.05, 3.63) is 29.6 Å². The summed E-state index contributed by atoms with van der Waals surface area (Å²) in [4.78, 5) is 4.86. The zero-order valence-electron chi connectivity index (χ0n) is 13.5. The van der Waals surface area contributed by atoms with Gasteiger partial charge in [0.15, 0.2) is 0 Å². The van der Waals surface area contributed by atoms with Crippen LogP contribution in [0.3, 0.4) is 0 Å². The van der Waals surface area contributed by atoms with Crippen LogP contribution in [0.5, 0.6) is 0 Å². The molecule has 0 aromatic heterocycles. The number of hydrogen-bond acceptors (Lipinski definition) is 4. The number of halogens is 1. The highest BCUT2D eigenvalue weighted by Gasteiger charge is 2.35. The largest absolute Gasteiger partial charge is 0.380 e. The number of thioether (sulfide) groups is 1. The van der Waals surface area contributed by atoms with Crippen LogP contribution in [-0.2, 0) is 11.3 Å². The summed E-state index contributed by atoms with van der Waals surface area (Å²) in [7, 11) is 0. The number of rotatable bonds is 3. The predicted molar refractivity (Wildman–Crippen MR) is 93.7 cm³/mol. The van der Waals surface area contributed by atoms with E-state index in [-0.39, 0.29) is 5.82 Å². The third kappa shape index (κ3) is 3.24. The molecule has 2 atom stereocenters. The lowest BCUT2D eigenvalue weighted by atomic mass is 10.0. The molecule has 1 aromatic rings. The van der Waals surface area contributed by atoms with Crippen LogP contribution in [-0.4, -0.2) is 54.8 Å². The highest BCUT2D eigenvalue weighted by Crippen LogP contribution is 2.34. The Morgan fingerprint density at radius 3 is 2.96 bits per heavy atom. The molecule has 3 fully saturated rings. The minimum Gasteiger partial charge on any atom is -0.380 e. The molecule has 0 amide bonds. The summed E-state index contributed by atoms with van der Waals surface area (Å²) in [6.07, 6.45) is 3.52. The van der Waals surface area contributed by atoms with E-state index in [4.69, 9.17) is 4.74 Å². The summed E-state index contributed by atoms with van der Waals surface area (Å²) in [6, 6.07) is 6.11. The number of hydrogen-bond donors (Lipinski definition) is 0. The van der Waals surface area contributed by atoms with Crippen LogP contribution in [0.4, 0.5) is 10.1 Å². The summed E-state index contributed by atoms with van der Waals surface area (Å²) in [5.74, 6) is 1.08. The standard InChI is InChI=1S/C18H25FN2OS/c19-15-4-3-5-16(20-7-1-2-8-20)14(15)12-21-9-11-23-18-13-22-10-6-17(18)21/h3-5,17-18H,1-2,6-13H2/t17-,18-/m0/s1. The zero-order chi connectivity index (χ0) is 15.6. The second kappa shape index (κ2) is 6.99. The molecule has 3 nitrogen and oxygen atoms in total. The summed E-state index contributed by atoms with van der Waals surface area (Å²) >= 11 is 2.02. The summed E-state index contributed by atoms with van der Waals surface area (Å²) < 4.78 is 20.2. The van der Waals surface area contributed by atoms with E-state index in [1.165, 1.54) is 12.8 Å². The number of benzene rings is 1. The quantitative estimate of drug-likeness (QED) is 0.842. The van der Waals surface area contributed by atoms with Gasteiger partial charge in [-0.25, -0.2) is 4.39 Å². The van der Waals surface area contributed by atoms with Gasteiger partial charge in [-0.2, -0.15) is 11.8 Å². The second-order valence-corrected chi connectivity index (χ2v) is 8.09. The van der Waals surface area contributed by atoms with Crippen LogP contribution in [0.15, 0.2) is 18.2 Å². The molecular formula is C18H25FN2OS. The molecule has 23 heavy (non-hydrogen) atoms. The second-order valence-electron chi connectivity index (χ2n) is 6.74. The highest BCUT2D eigenvalue weighted by atomic mass is 32.2. The maximum atomic E-state index is 14.6. The Labute approximate surface area is 142 Å². The molecule has 126 valence electrons. The van der Waals surface area contributed by atoms with Crippen molar-refractivity contribution >= 4 is 17.4 Å². The molecule has 3 heterocycles. The smallest absolute Gasteiger partial charge is 0.129 e. The Morgan fingerprint density at radius 1 is 1.22 bits per heavy atom. The Hall–Kier alpha value is -0.780. The molecule has 5 heteroatoms. The van der Waals surface area contributed by atoms with Crippen LogP contribution < -0.4 is 4.90 Å². The van der Waals surface area contributed by atoms with E-state index >= 15 is 0 Å². The third-order valence-corrected chi connectivity index (χ3v) is 6.65. The van der Waals surface area contributed by atoms with Gasteiger partial charge in [0.2, 0.25) is 0 Å². The highest BCUT2D eigenvalue weighted by molar-refractivity contribution is 8.00. The van der Waals surface area contributed by atoms with E-state index in [2.05, 4.69) is 15.9 Å². The Morgan fingerprint density at radius 2 is 2.09 bits per heavy atom. The third-order valence-electron chi connectivity index (χ3n) is 5.35. The first-order valence-electron chi connectivity index (χ1n) is 8.78. The number of anilines is 1. The molecule has 3 saturated heterocycles. The average Bonchev–Trinajstić information content (AvgIpc) is 3.11. The molecular weight excluding hydrogens is 311 g/mol. The SMILES string of the molecule is Fc1cccc(N2CCCC2)c1CN1CCS[C@H]2COCC[C@@H]21. The fraction of sp³-hybridized carbons (Fsp3) is 0.667. The molecule has 0 aliphatic carbocycles. The van der Waals surface area contributed by atoms with Crippen LogP contribution in [0, 0.1) is 5.82 Å². The van der Waals surface area contributed by atoms with Crippen molar-refractivity contribution < 1.29 is 9.13 Å². The maximum Gasteiger partial charge on any atom is 0.129 e. The van der Waals surface area contributed by atoms with Crippen LogP contribution in [0.1, 0.15) is 24.8 Å². The van der Waals surface area contributed by atoms with Crippen molar-refractivity contribution in [2.24, 2.45) is 0 Å². The van der Waals surface area contributed by atoms with Crippen molar-refractivity contribution in [1.29, 1.82) is 0 Å². The van der Waals surface area contributed by atoms with Gasteiger partial charge in [0.05, 0.1) is 6.61 Å². The van der Waals surface area contributed by atoms with Gasteiger partial charge in [-0.3, -0.25) is 4.90 Å². The van der Waals surface area contributed by atoms with Crippen LogP contribution in [0.2, 0.25) is 0 Å². The minimum absolute atomic E-state index is 0.0452. The van der Waals surface area contributed by atoms with Crippen molar-refractivity contribution in [1.82, 2.24) is 4.90 Å². The van der Waals surface area contributed by atoms with Crippen LogP contribution in [0.25, 0.3) is 0 Å². The molecule has 0 N–H and O–H groups in total. The molecule has 0 saturated carbocycles. The molecule has 0 unspecified atom stereocenters. The lowest BCUT2D eigenvalue weighted by molar-refractivity contribution is 0.0348. The van der Waals surface area contributed by atoms with E-state index in [0.29, 0.717) is 11.3 Å². The van der Waals surface area contributed by atoms with Gasteiger partial charge in [0.1, 0.15) is 5.82 Å². The molecule has 0 bridgehead atoms. The maximum absolute atomic E-state index is 14.6. The van der Waals surface area contributed by atoms with Gasteiger partial charge in [-0.15, -0.1) is 0 Å². The van der Waals surface area contributed by atoms with Gasteiger partial charge >= 0.3 is 0 Å². The van der Waals surface area contributed by atoms with Crippen LogP contribution >= 0.6 is 11.8 Å². The first-order chi connectivity index (χ1) is 11.3. The number of ether oxygens (including phenoxy) is 1. The van der Waals surface area contributed by atoms with Gasteiger partial charge in [0, 0.05) is 61.1 Å². The predicted octanol–water partition coefficient (Wildman–Crippen LogP) is 3.13. The summed E-state index contributed by atoms with van der Waals surface area (Å²) in [5, 5.41) is 0.555. The zero-order valence-corrected chi connectivity index (χ0v) is 14.4. The molecule has 0 radical (unpaired) electrons. The Balaban J connectivity index is 1.57. The van der Waals surface area contributed by atoms with E-state index in [0.717, 1.165) is 62.8 Å². The first kappa shape index (κ1) is 15.7. The van der Waals surface area contributed by atoms with E-state index in [1.807, 2.05) is 17.8 Å². The van der Waals surface area contributed by atoms with E-state index in [9.17, 15) is 4.39 Å². The van der Waals surface area contributed by atoms with Crippen molar-refractivity contribution in [2.45, 2.75) is 37.1 Å². The van der Waals surface area contributed by atoms with Crippen molar-refractivity contribution in [3.63, 3.8) is 0 Å². The molecule has 3 aliphatic rings. The van der Waals surface area contributed by atoms with Gasteiger partial charge in [0.25, 0.3) is 0 Å². The number of nitrogens with zero attached hydrogens (tertiary/aromatic N) is 2. The number of fused-ring (bicyclic) bond motifs is 1. The summed E-state index contributed by atoms with van der Waals surface area (Å²) in [5.41, 5.74) is 2.01. The van der Waals surface area contributed by atoms with E-state index < -0.39 is 0 Å². The topological polar surface area (TPSA) is 15.7 Å². The fourth-order valence-electron chi connectivity index (χ4n) is 4.12. The monoisotopic (exact) mass is 336 g/mol. The van der Waals surface area contributed by atoms with Gasteiger partial charge in [-0.05, 0) is 31.4 Å². The molecule has 3 aliphatic heterocycles. The minimum atomic E-state index is -0.0452. The molecule has 4 rings (SSSR count). The van der Waals surface area contributed by atoms with Gasteiger partial charge in [-0.1, -0.05) is 6.07 Å². The summed E-state index contributed by atoms with van der Waals surface area (Å²) in [6.45, 7) is 5.61. The molecule has 1 aromatic carbocycles. The Kier molecular flexibility index (Phi) is 4.78. The first-order valence-corrected chi connectivity index (χ1v) is 9.83. The van der Waals surface area contributed by atoms with Crippen molar-refractivity contribution in [2.75, 3.05) is 43.5 Å². The van der Waals surface area contributed by atoms with E-state index in [1.54, 1.807) is 6.07 Å². The molecule has 0 spiro atoms. The Bertz CT molecular complexity index is 548. The average molecular weight is 336 g/mol. The lowest BCUT2D eigenvalue weighted by Crippen LogP contribution is -2.51. The van der Waals surface area contributed by atoms with Crippen molar-refractivity contribution in [3.8, 4) is 0 Å². The normalized spacial score (nSPS) is 28.8. The fourth-order valence-corrected chi connectivity index (χ4v) is 5.49. The van der Waals surface area contributed by atoms with Gasteiger partial charge < -0.3 is 9.64 Å². The lowest BCUT2D eigenvalue weighted by Gasteiger charge is -2.43.